The van der Waals surface area contributed by atoms with Crippen LogP contribution in [0.4, 0.5) is 0 Å². The van der Waals surface area contributed by atoms with Gasteiger partial charge in [-0.3, -0.25) is 0 Å². The van der Waals surface area contributed by atoms with Crippen LogP contribution in [0.3, 0.4) is 0 Å². The number of aromatic nitrogens is 3. The van der Waals surface area contributed by atoms with E-state index in [1.165, 1.54) is 0 Å². The standard InChI is InChI=1S/C6H10N4/c1-3-7-4-2-6-5(1)8-10-9-6/h7H,1-4H2,(H,8,9,10). The quantitative estimate of drug-likeness (QED) is 0.508. The lowest BCUT2D eigenvalue weighted by molar-refractivity contribution is 0.693. The molecule has 0 amide bonds. The van der Waals surface area contributed by atoms with E-state index in [1.54, 1.807) is 0 Å². The van der Waals surface area contributed by atoms with E-state index in [4.69, 9.17) is 0 Å². The second kappa shape index (κ2) is 2.38. The Hall–Kier alpha value is -0.900. The van der Waals surface area contributed by atoms with Crippen molar-refractivity contribution in [3.8, 4) is 0 Å². The average Bonchev–Trinajstić information content (AvgIpc) is 2.28. The maximum absolute atomic E-state index is 4.04. The van der Waals surface area contributed by atoms with Gasteiger partial charge in [0.05, 0.1) is 11.4 Å². The molecule has 1 aliphatic heterocycles. The Morgan fingerprint density at radius 3 is 2.20 bits per heavy atom. The summed E-state index contributed by atoms with van der Waals surface area (Å²) in [6.45, 7) is 2.05. The van der Waals surface area contributed by atoms with Crippen molar-refractivity contribution in [1.29, 1.82) is 0 Å². The van der Waals surface area contributed by atoms with Crippen molar-refractivity contribution in [1.82, 2.24) is 20.7 Å². The third kappa shape index (κ3) is 0.903. The fourth-order valence-corrected chi connectivity index (χ4v) is 1.21. The highest BCUT2D eigenvalue weighted by atomic mass is 15.3. The van der Waals surface area contributed by atoms with Gasteiger partial charge in [-0.1, -0.05) is 0 Å². The van der Waals surface area contributed by atoms with Gasteiger partial charge in [0, 0.05) is 25.9 Å². The zero-order valence-electron chi connectivity index (χ0n) is 5.72. The van der Waals surface area contributed by atoms with Crippen LogP contribution in [-0.4, -0.2) is 28.5 Å². The number of nitrogens with zero attached hydrogens (tertiary/aromatic N) is 2. The first kappa shape index (κ1) is 5.85. The van der Waals surface area contributed by atoms with Crippen molar-refractivity contribution in [2.24, 2.45) is 0 Å². The van der Waals surface area contributed by atoms with Crippen molar-refractivity contribution >= 4 is 0 Å². The molecule has 0 radical (unpaired) electrons. The second-order valence-corrected chi connectivity index (χ2v) is 2.47. The highest BCUT2D eigenvalue weighted by molar-refractivity contribution is 5.10. The van der Waals surface area contributed by atoms with Gasteiger partial charge in [-0.2, -0.15) is 15.4 Å². The molecule has 10 heavy (non-hydrogen) atoms. The molecular weight excluding hydrogens is 128 g/mol. The second-order valence-electron chi connectivity index (χ2n) is 2.47. The Balaban J connectivity index is 2.28. The normalized spacial score (nSPS) is 18.0. The molecule has 0 aliphatic carbocycles. The molecule has 2 heterocycles. The van der Waals surface area contributed by atoms with E-state index in [1.807, 2.05) is 0 Å². The molecule has 0 atom stereocenters. The third-order valence-electron chi connectivity index (χ3n) is 1.78. The van der Waals surface area contributed by atoms with E-state index in [2.05, 4.69) is 20.7 Å². The lowest BCUT2D eigenvalue weighted by atomic mass is 10.2. The molecule has 2 rings (SSSR count). The summed E-state index contributed by atoms with van der Waals surface area (Å²) >= 11 is 0. The smallest absolute Gasteiger partial charge is 0.0869 e. The number of aromatic amines is 1. The molecule has 1 aromatic rings. The number of hydrogen-bond acceptors (Lipinski definition) is 3. The molecule has 0 unspecified atom stereocenters. The molecule has 1 aliphatic rings. The van der Waals surface area contributed by atoms with Gasteiger partial charge >= 0.3 is 0 Å². The first-order chi connectivity index (χ1) is 4.97. The zero-order chi connectivity index (χ0) is 6.81. The minimum atomic E-state index is 1.01. The van der Waals surface area contributed by atoms with Crippen LogP contribution in [0.15, 0.2) is 0 Å². The van der Waals surface area contributed by atoms with E-state index < -0.39 is 0 Å². The number of H-pyrrole nitrogens is 1. The molecule has 54 valence electrons. The highest BCUT2D eigenvalue weighted by Crippen LogP contribution is 2.04. The molecule has 0 saturated carbocycles. The van der Waals surface area contributed by atoms with Crippen LogP contribution in [0.5, 0.6) is 0 Å². The lowest BCUT2D eigenvalue weighted by Gasteiger charge is -1.92. The molecule has 2 N–H and O–H groups in total. The lowest BCUT2D eigenvalue weighted by Crippen LogP contribution is -2.16. The van der Waals surface area contributed by atoms with Gasteiger partial charge in [-0.15, -0.1) is 0 Å². The van der Waals surface area contributed by atoms with Crippen molar-refractivity contribution in [3.63, 3.8) is 0 Å². The predicted octanol–water partition coefficient (Wildman–Crippen LogP) is -0.507. The Morgan fingerprint density at radius 2 is 1.60 bits per heavy atom. The summed E-state index contributed by atoms with van der Waals surface area (Å²) in [4.78, 5) is 0. The van der Waals surface area contributed by atoms with Crippen LogP contribution in [0.25, 0.3) is 0 Å². The van der Waals surface area contributed by atoms with Crippen LogP contribution in [0, 0.1) is 0 Å². The van der Waals surface area contributed by atoms with Crippen molar-refractivity contribution in [3.05, 3.63) is 11.4 Å². The molecule has 0 fully saturated rings. The van der Waals surface area contributed by atoms with E-state index >= 15 is 0 Å². The first-order valence-corrected chi connectivity index (χ1v) is 3.56. The molecule has 0 bridgehead atoms. The Bertz CT molecular complexity index is 197. The van der Waals surface area contributed by atoms with Gasteiger partial charge in [0.15, 0.2) is 0 Å². The van der Waals surface area contributed by atoms with E-state index in [0.717, 1.165) is 37.3 Å². The molecule has 0 aromatic carbocycles. The molecular formula is C6H10N4. The van der Waals surface area contributed by atoms with Gasteiger partial charge in [0.2, 0.25) is 0 Å². The average molecular weight is 138 g/mol. The van der Waals surface area contributed by atoms with Crippen molar-refractivity contribution < 1.29 is 0 Å². The van der Waals surface area contributed by atoms with Crippen LogP contribution in [0.1, 0.15) is 11.4 Å². The molecule has 4 heteroatoms. The van der Waals surface area contributed by atoms with E-state index in [-0.39, 0.29) is 0 Å². The maximum Gasteiger partial charge on any atom is 0.0869 e. The number of hydrogen-bond donors (Lipinski definition) is 2. The Morgan fingerprint density at radius 1 is 1.00 bits per heavy atom. The summed E-state index contributed by atoms with van der Waals surface area (Å²) in [6.07, 6.45) is 2.01. The summed E-state index contributed by atoms with van der Waals surface area (Å²) in [5.41, 5.74) is 2.26. The molecule has 4 nitrogen and oxygen atoms in total. The van der Waals surface area contributed by atoms with Crippen molar-refractivity contribution in [2.75, 3.05) is 13.1 Å². The minimum absolute atomic E-state index is 1.01. The van der Waals surface area contributed by atoms with Gasteiger partial charge in [0.25, 0.3) is 0 Å². The maximum atomic E-state index is 4.04. The third-order valence-corrected chi connectivity index (χ3v) is 1.78. The SMILES string of the molecule is C1Cc2n[nH]nc2CCN1. The van der Waals surface area contributed by atoms with Gasteiger partial charge < -0.3 is 5.32 Å². The monoisotopic (exact) mass is 138 g/mol. The fraction of sp³-hybridized carbons (Fsp3) is 0.667. The van der Waals surface area contributed by atoms with Gasteiger partial charge in [-0.25, -0.2) is 0 Å². The summed E-state index contributed by atoms with van der Waals surface area (Å²) in [5.74, 6) is 0. The van der Waals surface area contributed by atoms with Crippen LogP contribution >= 0.6 is 0 Å². The minimum Gasteiger partial charge on any atom is -0.316 e. The zero-order valence-corrected chi connectivity index (χ0v) is 5.72. The van der Waals surface area contributed by atoms with Gasteiger partial charge in [0.1, 0.15) is 0 Å². The Labute approximate surface area is 59.0 Å². The van der Waals surface area contributed by atoms with Crippen molar-refractivity contribution in [2.45, 2.75) is 12.8 Å². The predicted molar refractivity (Wildman–Crippen MR) is 36.7 cm³/mol. The highest BCUT2D eigenvalue weighted by Gasteiger charge is 2.09. The number of fused-ring (bicyclic) bond motifs is 1. The van der Waals surface area contributed by atoms with E-state index in [0.29, 0.717) is 0 Å². The van der Waals surface area contributed by atoms with Crippen LogP contribution < -0.4 is 5.32 Å². The fourth-order valence-electron chi connectivity index (χ4n) is 1.21. The topological polar surface area (TPSA) is 53.6 Å². The summed E-state index contributed by atoms with van der Waals surface area (Å²) in [5, 5.41) is 14.0. The summed E-state index contributed by atoms with van der Waals surface area (Å²) < 4.78 is 0. The van der Waals surface area contributed by atoms with Gasteiger partial charge in [-0.05, 0) is 0 Å². The molecule has 0 saturated heterocycles. The Kier molecular flexibility index (Phi) is 1.39. The van der Waals surface area contributed by atoms with E-state index in [9.17, 15) is 0 Å². The van der Waals surface area contributed by atoms with Crippen LogP contribution in [0.2, 0.25) is 0 Å². The van der Waals surface area contributed by atoms with Crippen LogP contribution in [-0.2, 0) is 12.8 Å². The largest absolute Gasteiger partial charge is 0.316 e. The first-order valence-electron chi connectivity index (χ1n) is 3.56. The molecule has 0 spiro atoms. The number of nitrogens with one attached hydrogen (secondary N) is 2. The molecule has 1 aromatic heterocycles. The summed E-state index contributed by atoms with van der Waals surface area (Å²) in [6, 6.07) is 0. The number of rotatable bonds is 0. The summed E-state index contributed by atoms with van der Waals surface area (Å²) in [7, 11) is 0.